The van der Waals surface area contributed by atoms with Crippen molar-refractivity contribution in [3.8, 4) is 0 Å². The Labute approximate surface area is 229 Å². The van der Waals surface area contributed by atoms with Crippen molar-refractivity contribution in [2.45, 2.75) is 76.3 Å². The number of aryl methyl sites for hydroxylation is 1. The average Bonchev–Trinajstić information content (AvgIpc) is 3.61. The van der Waals surface area contributed by atoms with Crippen molar-refractivity contribution in [2.75, 3.05) is 6.54 Å². The topological polar surface area (TPSA) is 91.6 Å². The van der Waals surface area contributed by atoms with Crippen LogP contribution in [0.4, 0.5) is 0 Å². The fourth-order valence-electron chi connectivity index (χ4n) is 5.69. The van der Waals surface area contributed by atoms with Gasteiger partial charge in [0.15, 0.2) is 0 Å². The summed E-state index contributed by atoms with van der Waals surface area (Å²) in [6.45, 7) is 4.18. The minimum Gasteiger partial charge on any atom is -0.352 e. The number of amides is 2. The van der Waals surface area contributed by atoms with Crippen molar-refractivity contribution in [1.29, 1.82) is 0 Å². The van der Waals surface area contributed by atoms with E-state index >= 15 is 0 Å². The summed E-state index contributed by atoms with van der Waals surface area (Å²) in [6.07, 6.45) is 7.45. The summed E-state index contributed by atoms with van der Waals surface area (Å²) in [7, 11) is 0. The van der Waals surface area contributed by atoms with Crippen molar-refractivity contribution in [3.05, 3.63) is 87.9 Å². The van der Waals surface area contributed by atoms with Crippen LogP contribution in [0.25, 0.3) is 0 Å². The predicted octanol–water partition coefficient (Wildman–Crippen LogP) is 4.12. The molecule has 1 aromatic carbocycles. The number of nitrogens with two attached hydrogens (primary N) is 1. The van der Waals surface area contributed by atoms with Gasteiger partial charge in [0.05, 0.1) is 5.56 Å². The Morgan fingerprint density at radius 3 is 2.61 bits per heavy atom. The first-order valence-corrected chi connectivity index (χ1v) is 14.4. The van der Waals surface area contributed by atoms with Crippen LogP contribution < -0.4 is 11.1 Å². The minimum absolute atomic E-state index is 0.0489. The van der Waals surface area contributed by atoms with E-state index in [0.717, 1.165) is 38.8 Å². The van der Waals surface area contributed by atoms with Crippen LogP contribution in [-0.2, 0) is 17.9 Å². The molecule has 1 aliphatic carbocycles. The molecule has 2 atom stereocenters. The largest absolute Gasteiger partial charge is 0.352 e. The van der Waals surface area contributed by atoms with Gasteiger partial charge in [-0.1, -0.05) is 30.3 Å². The van der Waals surface area contributed by atoms with Crippen LogP contribution in [0, 0.1) is 6.92 Å². The molecule has 38 heavy (non-hydrogen) atoms. The van der Waals surface area contributed by atoms with E-state index in [1.807, 2.05) is 0 Å². The number of carbonyl (C=O) groups is 2. The first-order valence-electron chi connectivity index (χ1n) is 13.6. The molecule has 2 amide bonds. The number of hydrogen-bond donors (Lipinski definition) is 2. The number of rotatable bonds is 8. The number of likely N-dealkylation sites (tertiary alicyclic amines) is 1. The lowest BCUT2D eigenvalue weighted by Gasteiger charge is -2.30. The number of nitrogens with one attached hydrogen (secondary N) is 1. The average molecular weight is 532 g/mol. The van der Waals surface area contributed by atoms with Crippen molar-refractivity contribution >= 4 is 23.2 Å². The molecule has 5 rings (SSSR count). The summed E-state index contributed by atoms with van der Waals surface area (Å²) in [5.41, 5.74) is 9.10. The molecule has 0 radical (unpaired) electrons. The third kappa shape index (κ3) is 6.31. The van der Waals surface area contributed by atoms with Gasteiger partial charge in [0.2, 0.25) is 5.91 Å². The molecule has 1 aliphatic heterocycles. The molecule has 3 aromatic rings. The number of thiophene rings is 1. The molecule has 2 fully saturated rings. The van der Waals surface area contributed by atoms with Crippen LogP contribution in [0.15, 0.2) is 66.3 Å². The molecule has 8 heteroatoms. The number of benzene rings is 1. The second-order valence-electron chi connectivity index (χ2n) is 10.6. The van der Waals surface area contributed by atoms with Gasteiger partial charge >= 0.3 is 0 Å². The summed E-state index contributed by atoms with van der Waals surface area (Å²) >= 11 is 1.74. The predicted molar refractivity (Wildman–Crippen MR) is 151 cm³/mol. The molecule has 2 aliphatic rings. The summed E-state index contributed by atoms with van der Waals surface area (Å²) in [5.74, 6) is -0.199. The van der Waals surface area contributed by atoms with E-state index < -0.39 is 6.04 Å². The van der Waals surface area contributed by atoms with E-state index in [2.05, 4.69) is 63.9 Å². The summed E-state index contributed by atoms with van der Waals surface area (Å²) in [4.78, 5) is 37.0. The van der Waals surface area contributed by atoms with Gasteiger partial charge in [0, 0.05) is 55.0 Å². The van der Waals surface area contributed by atoms with Crippen LogP contribution in [-0.4, -0.2) is 57.3 Å². The summed E-state index contributed by atoms with van der Waals surface area (Å²) < 4.78 is 0. The molecular formula is C30H37N5O2S. The maximum Gasteiger partial charge on any atom is 0.256 e. The van der Waals surface area contributed by atoms with Crippen LogP contribution >= 0.6 is 11.3 Å². The van der Waals surface area contributed by atoms with Crippen LogP contribution in [0.5, 0.6) is 0 Å². The molecule has 0 spiro atoms. The first-order chi connectivity index (χ1) is 18.5. The van der Waals surface area contributed by atoms with E-state index in [4.69, 9.17) is 5.73 Å². The zero-order valence-electron chi connectivity index (χ0n) is 22.0. The molecule has 3 N–H and O–H groups in total. The van der Waals surface area contributed by atoms with Crippen molar-refractivity contribution in [3.63, 3.8) is 0 Å². The van der Waals surface area contributed by atoms with Gasteiger partial charge in [0.25, 0.3) is 5.91 Å². The fourth-order valence-corrected chi connectivity index (χ4v) is 6.42. The third-order valence-corrected chi connectivity index (χ3v) is 8.82. The van der Waals surface area contributed by atoms with Crippen LogP contribution in [0.1, 0.15) is 58.5 Å². The Hall–Kier alpha value is -3.07. The van der Waals surface area contributed by atoms with Crippen LogP contribution in [0.2, 0.25) is 0 Å². The highest BCUT2D eigenvalue weighted by molar-refractivity contribution is 7.09. The third-order valence-electron chi connectivity index (χ3n) is 7.96. The van der Waals surface area contributed by atoms with E-state index in [9.17, 15) is 9.59 Å². The number of aromatic nitrogens is 1. The monoisotopic (exact) mass is 531 g/mol. The van der Waals surface area contributed by atoms with E-state index in [1.54, 1.807) is 40.8 Å². The Bertz CT molecular complexity index is 1210. The molecule has 1 saturated heterocycles. The van der Waals surface area contributed by atoms with Gasteiger partial charge in [0.1, 0.15) is 6.04 Å². The van der Waals surface area contributed by atoms with Gasteiger partial charge < -0.3 is 16.0 Å². The molecule has 0 bridgehead atoms. The Kier molecular flexibility index (Phi) is 8.51. The molecular weight excluding hydrogens is 494 g/mol. The lowest BCUT2D eigenvalue weighted by Crippen LogP contribution is -2.50. The Morgan fingerprint density at radius 1 is 1.08 bits per heavy atom. The lowest BCUT2D eigenvalue weighted by atomic mass is 9.91. The second kappa shape index (κ2) is 12.2. The van der Waals surface area contributed by atoms with E-state index in [1.165, 1.54) is 16.0 Å². The smallest absolute Gasteiger partial charge is 0.256 e. The van der Waals surface area contributed by atoms with Crippen LogP contribution in [0.3, 0.4) is 0 Å². The van der Waals surface area contributed by atoms with Gasteiger partial charge in [-0.15, -0.1) is 11.3 Å². The highest BCUT2D eigenvalue weighted by Gasteiger charge is 2.42. The highest BCUT2D eigenvalue weighted by atomic mass is 32.1. The van der Waals surface area contributed by atoms with Crippen molar-refractivity contribution in [1.82, 2.24) is 20.1 Å². The molecule has 2 aromatic heterocycles. The fraction of sp³-hybridized carbons (Fsp3) is 0.433. The Balaban J connectivity index is 1.40. The van der Waals surface area contributed by atoms with Gasteiger partial charge in [-0.05, 0) is 73.7 Å². The summed E-state index contributed by atoms with van der Waals surface area (Å²) in [5, 5.41) is 5.36. The first kappa shape index (κ1) is 26.5. The van der Waals surface area contributed by atoms with Gasteiger partial charge in [-0.3, -0.25) is 19.5 Å². The van der Waals surface area contributed by atoms with Crippen molar-refractivity contribution in [2.24, 2.45) is 5.73 Å². The molecule has 2 unspecified atom stereocenters. The molecule has 3 heterocycles. The SMILES string of the molecule is Cc1ccccc1CN(Cc1cccs1)C1CC(C(=O)NC2CCC(N)CC2)N(C(=O)c2cccnc2)C1. The Morgan fingerprint density at radius 2 is 1.89 bits per heavy atom. The van der Waals surface area contributed by atoms with Crippen molar-refractivity contribution < 1.29 is 9.59 Å². The zero-order chi connectivity index (χ0) is 26.5. The normalized spacial score (nSPS) is 23.5. The van der Waals surface area contributed by atoms with E-state index in [-0.39, 0.29) is 29.9 Å². The summed E-state index contributed by atoms with van der Waals surface area (Å²) in [6, 6.07) is 16.1. The number of carbonyl (C=O) groups excluding carboxylic acids is 2. The number of hydrogen-bond acceptors (Lipinski definition) is 6. The van der Waals surface area contributed by atoms with Gasteiger partial charge in [-0.25, -0.2) is 0 Å². The molecule has 200 valence electrons. The number of nitrogens with zero attached hydrogens (tertiary/aromatic N) is 3. The highest BCUT2D eigenvalue weighted by Crippen LogP contribution is 2.29. The maximum absolute atomic E-state index is 13.7. The van der Waals surface area contributed by atoms with Gasteiger partial charge in [-0.2, -0.15) is 0 Å². The molecule has 1 saturated carbocycles. The lowest BCUT2D eigenvalue weighted by molar-refractivity contribution is -0.125. The molecule has 7 nitrogen and oxygen atoms in total. The maximum atomic E-state index is 13.7. The standard InChI is InChI=1S/C30H37N5O2S/c1-21-6-2-3-7-23(21)18-34(20-27-9-5-15-38-27)26-16-28(29(36)33-25-12-10-24(31)11-13-25)35(19-26)30(37)22-8-4-14-32-17-22/h2-9,14-15,17,24-26,28H,10-13,16,18-20,31H2,1H3,(H,33,36). The minimum atomic E-state index is -0.522. The zero-order valence-corrected chi connectivity index (χ0v) is 22.8. The second-order valence-corrected chi connectivity index (χ2v) is 11.7. The van der Waals surface area contributed by atoms with E-state index in [0.29, 0.717) is 18.5 Å². The quantitative estimate of drug-likeness (QED) is 0.456. The number of pyridine rings is 1.